The fraction of sp³-hybridized carbons (Fsp3) is 0.190. The molecular weight excluding hydrogens is 495 g/mol. The lowest BCUT2D eigenvalue weighted by Gasteiger charge is -2.12. The van der Waals surface area contributed by atoms with Crippen LogP contribution in [0.25, 0.3) is 22.3 Å². The molecule has 2 aromatic carbocycles. The first-order chi connectivity index (χ1) is 16.2. The number of alkyl halides is 9. The van der Waals surface area contributed by atoms with Gasteiger partial charge in [-0.05, 0) is 36.4 Å². The molecule has 2 aromatic heterocycles. The smallest absolute Gasteiger partial charge is 0.338 e. The van der Waals surface area contributed by atoms with Crippen LogP contribution in [0.5, 0.6) is 0 Å². The van der Waals surface area contributed by atoms with E-state index in [0.717, 1.165) is 12.1 Å². The van der Waals surface area contributed by atoms with E-state index in [4.69, 9.17) is 9.78 Å². The van der Waals surface area contributed by atoms with Crippen LogP contribution in [0, 0.1) is 11.3 Å². The number of fused-ring (bicyclic) bond motifs is 1. The summed E-state index contributed by atoms with van der Waals surface area (Å²) in [5.41, 5.74) is -5.46. The van der Waals surface area contributed by atoms with Crippen molar-refractivity contribution < 1.29 is 44.0 Å². The second kappa shape index (κ2) is 8.03. The fourth-order valence-corrected chi connectivity index (χ4v) is 3.48. The highest BCUT2D eigenvalue weighted by atomic mass is 19.4. The van der Waals surface area contributed by atoms with Gasteiger partial charge in [0.2, 0.25) is 11.7 Å². The summed E-state index contributed by atoms with van der Waals surface area (Å²) in [7, 11) is 0. The maximum Gasteiger partial charge on any atom is 0.418 e. The molecular formula is C21H9F9N4O. The van der Waals surface area contributed by atoms with E-state index in [9.17, 15) is 39.5 Å². The molecule has 0 aliphatic carbocycles. The molecule has 0 N–H and O–H groups in total. The number of nitriles is 1. The van der Waals surface area contributed by atoms with Crippen LogP contribution in [0.4, 0.5) is 39.5 Å². The van der Waals surface area contributed by atoms with E-state index in [1.807, 2.05) is 0 Å². The second-order valence-electron chi connectivity index (χ2n) is 7.28. The number of hydrogen-bond acceptors (Lipinski definition) is 4. The van der Waals surface area contributed by atoms with Crippen LogP contribution in [0.15, 0.2) is 47.1 Å². The van der Waals surface area contributed by atoms with Gasteiger partial charge in [0.1, 0.15) is 6.54 Å². The van der Waals surface area contributed by atoms with Gasteiger partial charge in [0.15, 0.2) is 0 Å². The molecule has 4 aromatic rings. The first-order valence-electron chi connectivity index (χ1n) is 9.40. The molecule has 14 heteroatoms. The summed E-state index contributed by atoms with van der Waals surface area (Å²) >= 11 is 0. The predicted octanol–water partition coefficient (Wildman–Crippen LogP) is 6.67. The van der Waals surface area contributed by atoms with Gasteiger partial charge in [-0.3, -0.25) is 0 Å². The van der Waals surface area contributed by atoms with Crippen LogP contribution >= 0.6 is 0 Å². The Morgan fingerprint density at radius 3 is 2.03 bits per heavy atom. The normalized spacial score (nSPS) is 12.8. The van der Waals surface area contributed by atoms with Crippen molar-refractivity contribution >= 4 is 10.9 Å². The lowest BCUT2D eigenvalue weighted by molar-refractivity contribution is -0.143. The average molecular weight is 504 g/mol. The zero-order valence-electron chi connectivity index (χ0n) is 16.8. The van der Waals surface area contributed by atoms with Crippen molar-refractivity contribution in [2.75, 3.05) is 0 Å². The summed E-state index contributed by atoms with van der Waals surface area (Å²) in [4.78, 5) is 3.81. The predicted molar refractivity (Wildman–Crippen MR) is 100 cm³/mol. The Kier molecular flexibility index (Phi) is 5.54. The van der Waals surface area contributed by atoms with Gasteiger partial charge in [-0.1, -0.05) is 5.16 Å². The molecule has 0 fully saturated rings. The molecule has 0 aliphatic heterocycles. The van der Waals surface area contributed by atoms with Crippen molar-refractivity contribution in [1.82, 2.24) is 14.7 Å². The summed E-state index contributed by atoms with van der Waals surface area (Å²) in [6, 6.07) is 5.61. The van der Waals surface area contributed by atoms with Crippen LogP contribution in [-0.2, 0) is 25.1 Å². The van der Waals surface area contributed by atoms with Crippen LogP contribution in [0.1, 0.15) is 28.1 Å². The lowest BCUT2D eigenvalue weighted by Crippen LogP contribution is -2.11. The van der Waals surface area contributed by atoms with Crippen LogP contribution in [-0.4, -0.2) is 14.7 Å². The maximum atomic E-state index is 13.5. The zero-order valence-corrected chi connectivity index (χ0v) is 16.8. The van der Waals surface area contributed by atoms with Gasteiger partial charge in [-0.25, -0.2) is 0 Å². The van der Waals surface area contributed by atoms with Gasteiger partial charge in [-0.15, -0.1) is 0 Å². The third-order valence-electron chi connectivity index (χ3n) is 4.98. The quantitative estimate of drug-likeness (QED) is 0.293. The Hall–Kier alpha value is -4.02. The van der Waals surface area contributed by atoms with E-state index >= 15 is 0 Å². The molecule has 0 aliphatic rings. The SMILES string of the molecule is N#Cc1ccc2c(ccn2Cc2nc(-c3cc(C(F)(F)F)cc(C(F)(F)F)c3)no2)c1C(F)(F)F. The van der Waals surface area contributed by atoms with E-state index in [1.54, 1.807) is 0 Å². The van der Waals surface area contributed by atoms with E-state index in [1.165, 1.54) is 22.9 Å². The number of rotatable bonds is 3. The van der Waals surface area contributed by atoms with Gasteiger partial charge in [0, 0.05) is 22.7 Å². The van der Waals surface area contributed by atoms with Crippen molar-refractivity contribution in [1.29, 1.82) is 5.26 Å². The van der Waals surface area contributed by atoms with E-state index in [-0.39, 0.29) is 29.4 Å². The standard InChI is InChI=1S/C21H9F9N4O/c22-19(23,24)12-5-11(6-13(7-12)20(25,26)27)18-32-16(35-33-18)9-34-4-3-14-15(34)2-1-10(8-31)17(14)21(28,29)30/h1-7H,9H2. The van der Waals surface area contributed by atoms with Crippen LogP contribution < -0.4 is 0 Å². The Balaban J connectivity index is 1.73. The molecule has 0 atom stereocenters. The molecule has 0 unspecified atom stereocenters. The van der Waals surface area contributed by atoms with Crippen molar-refractivity contribution in [3.8, 4) is 17.5 Å². The Morgan fingerprint density at radius 2 is 1.49 bits per heavy atom. The largest absolute Gasteiger partial charge is 0.418 e. The van der Waals surface area contributed by atoms with Crippen LogP contribution in [0.3, 0.4) is 0 Å². The Morgan fingerprint density at radius 1 is 0.857 bits per heavy atom. The highest BCUT2D eigenvalue weighted by molar-refractivity contribution is 5.86. The minimum atomic E-state index is -5.08. The average Bonchev–Trinajstić information content (AvgIpc) is 3.38. The Bertz CT molecular complexity index is 1420. The molecule has 0 amide bonds. The minimum absolute atomic E-state index is 0.0366. The summed E-state index contributed by atoms with van der Waals surface area (Å²) < 4.78 is 125. The fourth-order valence-electron chi connectivity index (χ4n) is 3.48. The summed E-state index contributed by atoms with van der Waals surface area (Å²) in [5, 5.41) is 12.1. The molecule has 5 nitrogen and oxygen atoms in total. The first kappa shape index (κ1) is 24.1. The molecule has 0 saturated heterocycles. The molecule has 4 rings (SSSR count). The highest BCUT2D eigenvalue weighted by Gasteiger charge is 2.38. The van der Waals surface area contributed by atoms with Gasteiger partial charge >= 0.3 is 18.5 Å². The van der Waals surface area contributed by atoms with Gasteiger partial charge in [0.05, 0.1) is 28.3 Å². The number of halogens is 9. The second-order valence-corrected chi connectivity index (χ2v) is 7.28. The van der Waals surface area contributed by atoms with Gasteiger partial charge < -0.3 is 9.09 Å². The number of benzene rings is 2. The minimum Gasteiger partial charge on any atom is -0.338 e. The topological polar surface area (TPSA) is 67.6 Å². The molecule has 0 spiro atoms. The monoisotopic (exact) mass is 504 g/mol. The van der Waals surface area contributed by atoms with Crippen molar-refractivity contribution in [2.45, 2.75) is 25.1 Å². The van der Waals surface area contributed by atoms with Crippen molar-refractivity contribution in [3.05, 3.63) is 70.7 Å². The maximum absolute atomic E-state index is 13.5. The van der Waals surface area contributed by atoms with E-state index < -0.39 is 52.2 Å². The lowest BCUT2D eigenvalue weighted by atomic mass is 10.0. The van der Waals surface area contributed by atoms with E-state index in [0.29, 0.717) is 12.1 Å². The van der Waals surface area contributed by atoms with E-state index in [2.05, 4.69) is 10.1 Å². The van der Waals surface area contributed by atoms with Crippen LogP contribution in [0.2, 0.25) is 0 Å². The molecule has 35 heavy (non-hydrogen) atoms. The number of aromatic nitrogens is 3. The molecule has 2 heterocycles. The summed E-state index contributed by atoms with van der Waals surface area (Å²) in [6.07, 6.45) is -13.7. The summed E-state index contributed by atoms with van der Waals surface area (Å²) in [6.45, 7) is -0.342. The van der Waals surface area contributed by atoms with Gasteiger partial charge in [-0.2, -0.15) is 49.8 Å². The molecule has 0 bridgehead atoms. The third-order valence-corrected chi connectivity index (χ3v) is 4.98. The molecule has 182 valence electrons. The van der Waals surface area contributed by atoms with Gasteiger partial charge in [0.25, 0.3) is 0 Å². The number of nitrogens with zero attached hydrogens (tertiary/aromatic N) is 4. The Labute approximate surface area is 189 Å². The first-order valence-corrected chi connectivity index (χ1v) is 9.40. The summed E-state index contributed by atoms with van der Waals surface area (Å²) in [5.74, 6) is -0.864. The zero-order chi connectivity index (χ0) is 25.8. The highest BCUT2D eigenvalue weighted by Crippen LogP contribution is 2.39. The third kappa shape index (κ3) is 4.66. The van der Waals surface area contributed by atoms with Crippen molar-refractivity contribution in [2.24, 2.45) is 0 Å². The van der Waals surface area contributed by atoms with Crippen molar-refractivity contribution in [3.63, 3.8) is 0 Å². The molecule has 0 radical (unpaired) electrons. The number of hydrogen-bond donors (Lipinski definition) is 0. The molecule has 0 saturated carbocycles.